The second-order valence-corrected chi connectivity index (χ2v) is 5.27. The molecule has 2 aromatic rings. The highest BCUT2D eigenvalue weighted by atomic mass is 16.5. The predicted octanol–water partition coefficient (Wildman–Crippen LogP) is 1.83. The van der Waals surface area contributed by atoms with Gasteiger partial charge in [0, 0.05) is 12.1 Å². The Labute approximate surface area is 135 Å². The van der Waals surface area contributed by atoms with Crippen LogP contribution in [0.5, 0.6) is 5.75 Å². The topological polar surface area (TPSA) is 81.4 Å². The number of rotatable bonds is 7. The van der Waals surface area contributed by atoms with E-state index in [0.717, 1.165) is 11.1 Å². The van der Waals surface area contributed by atoms with Crippen molar-refractivity contribution in [3.05, 3.63) is 65.2 Å². The minimum Gasteiger partial charge on any atom is -0.484 e. The molecule has 0 radical (unpaired) electrons. The van der Waals surface area contributed by atoms with Crippen LogP contribution in [0.25, 0.3) is 0 Å². The maximum Gasteiger partial charge on any atom is 0.257 e. The predicted molar refractivity (Wildman–Crippen MR) is 88.3 cm³/mol. The van der Waals surface area contributed by atoms with Crippen LogP contribution in [0.2, 0.25) is 0 Å². The van der Waals surface area contributed by atoms with Gasteiger partial charge in [-0.2, -0.15) is 0 Å². The molecule has 0 aromatic heterocycles. The van der Waals surface area contributed by atoms with E-state index in [-0.39, 0.29) is 12.5 Å². The van der Waals surface area contributed by atoms with E-state index < -0.39 is 5.91 Å². The minimum absolute atomic E-state index is 0.0230. The molecular weight excluding hydrogens is 292 g/mol. The van der Waals surface area contributed by atoms with E-state index in [2.05, 4.69) is 5.32 Å². The Bertz CT molecular complexity index is 698. The van der Waals surface area contributed by atoms with Crippen molar-refractivity contribution in [1.29, 1.82) is 0 Å². The lowest BCUT2D eigenvalue weighted by Crippen LogP contribution is -2.30. The first-order valence-corrected chi connectivity index (χ1v) is 7.39. The van der Waals surface area contributed by atoms with Crippen LogP contribution in [-0.2, 0) is 11.2 Å². The van der Waals surface area contributed by atoms with Gasteiger partial charge in [0.05, 0.1) is 0 Å². The second kappa shape index (κ2) is 7.98. The van der Waals surface area contributed by atoms with Crippen molar-refractivity contribution in [1.82, 2.24) is 5.32 Å². The lowest BCUT2D eigenvalue weighted by atomic mass is 10.1. The normalized spacial score (nSPS) is 10.1. The third kappa shape index (κ3) is 5.47. The van der Waals surface area contributed by atoms with E-state index in [1.54, 1.807) is 18.2 Å². The molecule has 0 aliphatic heterocycles. The molecule has 120 valence electrons. The quantitative estimate of drug-likeness (QED) is 0.818. The summed E-state index contributed by atoms with van der Waals surface area (Å²) in [6.45, 7) is 2.41. The Morgan fingerprint density at radius 1 is 1.13 bits per heavy atom. The summed E-state index contributed by atoms with van der Waals surface area (Å²) in [5, 5.41) is 2.78. The van der Waals surface area contributed by atoms with Crippen LogP contribution in [0.15, 0.2) is 48.5 Å². The summed E-state index contributed by atoms with van der Waals surface area (Å²) in [6.07, 6.45) is 0.622. The largest absolute Gasteiger partial charge is 0.484 e. The molecule has 0 aliphatic carbocycles. The SMILES string of the molecule is Cc1cccc(OCC(=O)NCCc2cccc(C(N)=O)c2)c1. The number of hydrogen-bond donors (Lipinski definition) is 2. The van der Waals surface area contributed by atoms with Crippen molar-refractivity contribution >= 4 is 11.8 Å². The summed E-state index contributed by atoms with van der Waals surface area (Å²) in [4.78, 5) is 22.9. The van der Waals surface area contributed by atoms with Gasteiger partial charge in [-0.25, -0.2) is 0 Å². The molecule has 0 fully saturated rings. The third-order valence-corrected chi connectivity index (χ3v) is 3.31. The average molecular weight is 312 g/mol. The Hall–Kier alpha value is -2.82. The number of ether oxygens (including phenoxy) is 1. The molecule has 2 amide bonds. The second-order valence-electron chi connectivity index (χ2n) is 5.27. The highest BCUT2D eigenvalue weighted by Gasteiger charge is 2.04. The van der Waals surface area contributed by atoms with Crippen molar-refractivity contribution in [2.75, 3.05) is 13.2 Å². The molecule has 0 saturated heterocycles. The van der Waals surface area contributed by atoms with Gasteiger partial charge in [-0.05, 0) is 48.7 Å². The van der Waals surface area contributed by atoms with Crippen molar-refractivity contribution < 1.29 is 14.3 Å². The standard InChI is InChI=1S/C18H20N2O3/c1-13-4-2-7-16(10-13)23-12-17(21)20-9-8-14-5-3-6-15(11-14)18(19)22/h2-7,10-11H,8-9,12H2,1H3,(H2,19,22)(H,20,21). The van der Waals surface area contributed by atoms with Gasteiger partial charge in [-0.3, -0.25) is 9.59 Å². The minimum atomic E-state index is -0.456. The van der Waals surface area contributed by atoms with E-state index >= 15 is 0 Å². The average Bonchev–Trinajstić information content (AvgIpc) is 2.53. The number of hydrogen-bond acceptors (Lipinski definition) is 3. The molecule has 3 N–H and O–H groups in total. The van der Waals surface area contributed by atoms with Gasteiger partial charge in [0.15, 0.2) is 6.61 Å². The monoisotopic (exact) mass is 312 g/mol. The van der Waals surface area contributed by atoms with Crippen LogP contribution in [0, 0.1) is 6.92 Å². The van der Waals surface area contributed by atoms with Crippen LogP contribution in [0.3, 0.4) is 0 Å². The molecular formula is C18H20N2O3. The Kier molecular flexibility index (Phi) is 5.74. The first-order valence-electron chi connectivity index (χ1n) is 7.39. The lowest BCUT2D eigenvalue weighted by molar-refractivity contribution is -0.123. The van der Waals surface area contributed by atoms with Gasteiger partial charge in [-0.15, -0.1) is 0 Å². The number of benzene rings is 2. The van der Waals surface area contributed by atoms with E-state index in [0.29, 0.717) is 24.3 Å². The molecule has 2 rings (SSSR count). The van der Waals surface area contributed by atoms with Gasteiger partial charge >= 0.3 is 0 Å². The fourth-order valence-corrected chi connectivity index (χ4v) is 2.13. The molecule has 2 aromatic carbocycles. The van der Waals surface area contributed by atoms with E-state index in [1.165, 1.54) is 0 Å². The zero-order valence-electron chi connectivity index (χ0n) is 13.0. The summed E-state index contributed by atoms with van der Waals surface area (Å²) >= 11 is 0. The van der Waals surface area contributed by atoms with Crippen LogP contribution in [0.1, 0.15) is 21.5 Å². The summed E-state index contributed by atoms with van der Waals surface area (Å²) in [5.41, 5.74) is 7.74. The molecule has 0 heterocycles. The van der Waals surface area contributed by atoms with E-state index in [9.17, 15) is 9.59 Å². The first kappa shape index (κ1) is 16.5. The zero-order chi connectivity index (χ0) is 16.7. The Morgan fingerprint density at radius 3 is 2.65 bits per heavy atom. The third-order valence-electron chi connectivity index (χ3n) is 3.31. The molecule has 0 aliphatic rings. The van der Waals surface area contributed by atoms with Gasteiger partial charge in [0.2, 0.25) is 5.91 Å². The molecule has 0 saturated carbocycles. The summed E-state index contributed by atoms with van der Waals surface area (Å²) in [7, 11) is 0. The van der Waals surface area contributed by atoms with Crippen LogP contribution < -0.4 is 15.8 Å². The smallest absolute Gasteiger partial charge is 0.257 e. The number of aryl methyl sites for hydroxylation is 1. The fraction of sp³-hybridized carbons (Fsp3) is 0.222. The maximum absolute atomic E-state index is 11.8. The number of nitrogens with two attached hydrogens (primary N) is 1. The molecule has 0 unspecified atom stereocenters. The number of nitrogens with one attached hydrogen (secondary N) is 1. The van der Waals surface area contributed by atoms with Crippen molar-refractivity contribution in [2.24, 2.45) is 5.73 Å². The van der Waals surface area contributed by atoms with Gasteiger partial charge in [-0.1, -0.05) is 24.3 Å². The molecule has 0 atom stereocenters. The van der Waals surface area contributed by atoms with Crippen LogP contribution >= 0.6 is 0 Å². The molecule has 5 heteroatoms. The van der Waals surface area contributed by atoms with Crippen molar-refractivity contribution in [3.63, 3.8) is 0 Å². The Morgan fingerprint density at radius 2 is 1.91 bits per heavy atom. The van der Waals surface area contributed by atoms with E-state index in [4.69, 9.17) is 10.5 Å². The fourth-order valence-electron chi connectivity index (χ4n) is 2.13. The molecule has 0 bridgehead atoms. The van der Waals surface area contributed by atoms with Crippen molar-refractivity contribution in [2.45, 2.75) is 13.3 Å². The molecule has 0 spiro atoms. The van der Waals surface area contributed by atoms with Crippen LogP contribution in [0.4, 0.5) is 0 Å². The summed E-state index contributed by atoms with van der Waals surface area (Å²) in [6, 6.07) is 14.6. The van der Waals surface area contributed by atoms with Gasteiger partial charge < -0.3 is 15.8 Å². The lowest BCUT2D eigenvalue weighted by Gasteiger charge is -2.08. The number of carbonyl (C=O) groups is 2. The van der Waals surface area contributed by atoms with E-state index in [1.807, 2.05) is 37.3 Å². The Balaban J connectivity index is 1.74. The van der Waals surface area contributed by atoms with Gasteiger partial charge in [0.1, 0.15) is 5.75 Å². The number of primary amides is 1. The van der Waals surface area contributed by atoms with Crippen molar-refractivity contribution in [3.8, 4) is 5.75 Å². The van der Waals surface area contributed by atoms with Crippen LogP contribution in [-0.4, -0.2) is 25.0 Å². The van der Waals surface area contributed by atoms with Gasteiger partial charge in [0.25, 0.3) is 5.91 Å². The summed E-state index contributed by atoms with van der Waals surface area (Å²) in [5.74, 6) is 0.0364. The highest BCUT2D eigenvalue weighted by molar-refractivity contribution is 5.92. The highest BCUT2D eigenvalue weighted by Crippen LogP contribution is 2.11. The zero-order valence-corrected chi connectivity index (χ0v) is 13.0. The first-order chi connectivity index (χ1) is 11.0. The number of amides is 2. The summed E-state index contributed by atoms with van der Waals surface area (Å²) < 4.78 is 5.43. The molecule has 5 nitrogen and oxygen atoms in total. The molecule has 23 heavy (non-hydrogen) atoms. The maximum atomic E-state index is 11.8. The number of carbonyl (C=O) groups excluding carboxylic acids is 2.